The molecule has 0 bridgehead atoms. The molecule has 104 valence electrons. The smallest absolute Gasteiger partial charge is 0.224 e. The van der Waals surface area contributed by atoms with Crippen LogP contribution in [0.4, 0.5) is 0 Å². The van der Waals surface area contributed by atoms with Crippen molar-refractivity contribution in [3.63, 3.8) is 0 Å². The average Bonchev–Trinajstić information content (AvgIpc) is 2.42. The fourth-order valence-electron chi connectivity index (χ4n) is 2.97. The Balaban J connectivity index is 1.58. The van der Waals surface area contributed by atoms with Gasteiger partial charge in [0.2, 0.25) is 5.91 Å². The monoisotopic (exact) mass is 253 g/mol. The van der Waals surface area contributed by atoms with Gasteiger partial charge in [-0.05, 0) is 64.7 Å². The number of piperidine rings is 2. The van der Waals surface area contributed by atoms with Crippen LogP contribution in [0.25, 0.3) is 0 Å². The van der Waals surface area contributed by atoms with Gasteiger partial charge in [-0.2, -0.15) is 0 Å². The fraction of sp³-hybridized carbons (Fsp3) is 0.929. The highest BCUT2D eigenvalue weighted by atomic mass is 16.1. The van der Waals surface area contributed by atoms with Crippen molar-refractivity contribution >= 4 is 5.91 Å². The van der Waals surface area contributed by atoms with Crippen molar-refractivity contribution in [2.24, 2.45) is 11.8 Å². The molecule has 2 N–H and O–H groups in total. The minimum absolute atomic E-state index is 0.205. The van der Waals surface area contributed by atoms with E-state index in [0.717, 1.165) is 44.8 Å². The number of hydrogen-bond donors (Lipinski definition) is 2. The maximum absolute atomic E-state index is 11.9. The summed E-state index contributed by atoms with van der Waals surface area (Å²) in [6.07, 6.45) is 5.91. The van der Waals surface area contributed by atoms with Crippen LogP contribution in [0, 0.1) is 11.8 Å². The number of hydrogen-bond acceptors (Lipinski definition) is 3. The van der Waals surface area contributed by atoms with Crippen molar-refractivity contribution in [1.29, 1.82) is 0 Å². The molecule has 0 spiro atoms. The van der Waals surface area contributed by atoms with Crippen molar-refractivity contribution in [2.45, 2.75) is 32.1 Å². The Kier molecular flexibility index (Phi) is 5.45. The molecule has 0 aromatic carbocycles. The summed E-state index contributed by atoms with van der Waals surface area (Å²) in [7, 11) is 2.19. The van der Waals surface area contributed by atoms with E-state index in [4.69, 9.17) is 0 Å². The van der Waals surface area contributed by atoms with Crippen molar-refractivity contribution in [3.8, 4) is 0 Å². The summed E-state index contributed by atoms with van der Waals surface area (Å²) in [5, 5.41) is 6.41. The number of nitrogens with one attached hydrogen (secondary N) is 2. The van der Waals surface area contributed by atoms with Gasteiger partial charge in [0.05, 0.1) is 5.92 Å². The lowest BCUT2D eigenvalue weighted by Crippen LogP contribution is -2.41. The topological polar surface area (TPSA) is 44.4 Å². The van der Waals surface area contributed by atoms with Gasteiger partial charge in [-0.15, -0.1) is 0 Å². The molecule has 18 heavy (non-hydrogen) atoms. The number of rotatable bonds is 4. The predicted octanol–water partition coefficient (Wildman–Crippen LogP) is 0.834. The summed E-state index contributed by atoms with van der Waals surface area (Å²) >= 11 is 0. The molecular weight excluding hydrogens is 226 g/mol. The van der Waals surface area contributed by atoms with Crippen LogP contribution in [-0.2, 0) is 4.79 Å². The maximum atomic E-state index is 11.9. The van der Waals surface area contributed by atoms with E-state index in [-0.39, 0.29) is 11.8 Å². The van der Waals surface area contributed by atoms with Crippen LogP contribution < -0.4 is 10.6 Å². The van der Waals surface area contributed by atoms with Gasteiger partial charge in [-0.25, -0.2) is 0 Å². The van der Waals surface area contributed by atoms with Gasteiger partial charge in [0.15, 0.2) is 0 Å². The molecule has 0 saturated carbocycles. The van der Waals surface area contributed by atoms with Gasteiger partial charge in [-0.1, -0.05) is 0 Å². The first-order valence-corrected chi connectivity index (χ1v) is 7.42. The van der Waals surface area contributed by atoms with Gasteiger partial charge in [0.25, 0.3) is 0 Å². The normalized spacial score (nSPS) is 27.1. The second kappa shape index (κ2) is 7.10. The Morgan fingerprint density at radius 3 is 2.78 bits per heavy atom. The van der Waals surface area contributed by atoms with Crippen LogP contribution in [0.1, 0.15) is 32.1 Å². The predicted molar refractivity (Wildman–Crippen MR) is 73.4 cm³/mol. The lowest BCUT2D eigenvalue weighted by Gasteiger charge is -2.29. The summed E-state index contributed by atoms with van der Waals surface area (Å²) in [5.41, 5.74) is 0. The van der Waals surface area contributed by atoms with Crippen molar-refractivity contribution < 1.29 is 4.79 Å². The number of nitrogens with zero attached hydrogens (tertiary/aromatic N) is 1. The Morgan fingerprint density at radius 1 is 1.33 bits per heavy atom. The van der Waals surface area contributed by atoms with Gasteiger partial charge < -0.3 is 15.5 Å². The molecule has 2 rings (SSSR count). The number of likely N-dealkylation sites (tertiary alicyclic amines) is 1. The number of carbonyl (C=O) groups is 1. The van der Waals surface area contributed by atoms with E-state index in [1.165, 1.54) is 25.9 Å². The van der Waals surface area contributed by atoms with Crippen molar-refractivity contribution in [3.05, 3.63) is 0 Å². The van der Waals surface area contributed by atoms with E-state index in [1.807, 2.05) is 0 Å². The van der Waals surface area contributed by atoms with Crippen LogP contribution in [0.15, 0.2) is 0 Å². The third-order valence-corrected chi connectivity index (χ3v) is 4.36. The van der Waals surface area contributed by atoms with Gasteiger partial charge >= 0.3 is 0 Å². The molecule has 2 fully saturated rings. The van der Waals surface area contributed by atoms with E-state index in [0.29, 0.717) is 0 Å². The number of amides is 1. The molecule has 1 amide bonds. The van der Waals surface area contributed by atoms with Crippen LogP contribution >= 0.6 is 0 Å². The maximum Gasteiger partial charge on any atom is 0.224 e. The first-order chi connectivity index (χ1) is 8.75. The van der Waals surface area contributed by atoms with Gasteiger partial charge in [-0.3, -0.25) is 4.79 Å². The molecule has 0 aromatic heterocycles. The second-order valence-corrected chi connectivity index (χ2v) is 5.87. The zero-order valence-corrected chi connectivity index (χ0v) is 11.6. The van der Waals surface area contributed by atoms with Crippen LogP contribution in [-0.4, -0.2) is 50.6 Å². The molecule has 2 aliphatic rings. The highest BCUT2D eigenvalue weighted by Crippen LogP contribution is 2.18. The molecule has 4 nitrogen and oxygen atoms in total. The Bertz CT molecular complexity index is 256. The lowest BCUT2D eigenvalue weighted by molar-refractivity contribution is -0.125. The molecular formula is C14H27N3O. The fourth-order valence-corrected chi connectivity index (χ4v) is 2.97. The Hall–Kier alpha value is -0.610. The molecule has 0 unspecified atom stereocenters. The molecule has 4 heteroatoms. The van der Waals surface area contributed by atoms with E-state index in [1.54, 1.807) is 0 Å². The highest BCUT2D eigenvalue weighted by molar-refractivity contribution is 5.78. The van der Waals surface area contributed by atoms with Crippen LogP contribution in [0.3, 0.4) is 0 Å². The standard InChI is InChI=1S/C14H27N3O/c1-17-9-5-12(6-10-17)4-8-16-14(18)13-3-2-7-15-11-13/h12-13,15H,2-11H2,1H3,(H,16,18)/t13-/m1/s1. The molecule has 2 heterocycles. The first-order valence-electron chi connectivity index (χ1n) is 7.42. The molecule has 1 atom stereocenters. The number of carbonyl (C=O) groups excluding carboxylic acids is 1. The summed E-state index contributed by atoms with van der Waals surface area (Å²) in [5.74, 6) is 1.28. The SMILES string of the molecule is CN1CCC(CCNC(=O)[C@@H]2CCCNC2)CC1. The average molecular weight is 253 g/mol. The highest BCUT2D eigenvalue weighted by Gasteiger charge is 2.21. The lowest BCUT2D eigenvalue weighted by atomic mass is 9.93. The molecule has 0 aliphatic carbocycles. The van der Waals surface area contributed by atoms with Crippen molar-refractivity contribution in [2.75, 3.05) is 39.8 Å². The minimum Gasteiger partial charge on any atom is -0.356 e. The molecule has 0 radical (unpaired) electrons. The third-order valence-electron chi connectivity index (χ3n) is 4.36. The first kappa shape index (κ1) is 13.8. The largest absolute Gasteiger partial charge is 0.356 e. The van der Waals surface area contributed by atoms with Crippen molar-refractivity contribution in [1.82, 2.24) is 15.5 Å². The quantitative estimate of drug-likeness (QED) is 0.780. The Morgan fingerprint density at radius 2 is 2.11 bits per heavy atom. The Labute approximate surface area is 110 Å². The third kappa shape index (κ3) is 4.25. The van der Waals surface area contributed by atoms with E-state index in [9.17, 15) is 4.79 Å². The van der Waals surface area contributed by atoms with Crippen LogP contribution in [0.5, 0.6) is 0 Å². The molecule has 2 aliphatic heterocycles. The molecule has 2 saturated heterocycles. The zero-order chi connectivity index (χ0) is 12.8. The molecule has 0 aromatic rings. The second-order valence-electron chi connectivity index (χ2n) is 5.87. The summed E-state index contributed by atoms with van der Waals surface area (Å²) < 4.78 is 0. The van der Waals surface area contributed by atoms with E-state index >= 15 is 0 Å². The summed E-state index contributed by atoms with van der Waals surface area (Å²) in [6.45, 7) is 5.22. The van der Waals surface area contributed by atoms with Gasteiger partial charge in [0.1, 0.15) is 0 Å². The van der Waals surface area contributed by atoms with E-state index < -0.39 is 0 Å². The van der Waals surface area contributed by atoms with Gasteiger partial charge in [0, 0.05) is 13.1 Å². The minimum atomic E-state index is 0.205. The zero-order valence-electron chi connectivity index (χ0n) is 11.6. The summed E-state index contributed by atoms with van der Waals surface area (Å²) in [4.78, 5) is 14.3. The van der Waals surface area contributed by atoms with E-state index in [2.05, 4.69) is 22.6 Å². The summed E-state index contributed by atoms with van der Waals surface area (Å²) in [6, 6.07) is 0. The van der Waals surface area contributed by atoms with Crippen LogP contribution in [0.2, 0.25) is 0 Å².